The fraction of sp³-hybridized carbons (Fsp3) is 0.467. The van der Waals surface area contributed by atoms with Crippen LogP contribution in [0.5, 0.6) is 0 Å². The SMILES string of the molecule is CCCC[NH+](C)[C@@H]1CC(=O)N(c2ccccc2)C1=O. The highest BCUT2D eigenvalue weighted by Gasteiger charge is 2.44. The van der Waals surface area contributed by atoms with Crippen LogP contribution in [0.3, 0.4) is 0 Å². The maximum absolute atomic E-state index is 12.4. The molecule has 1 heterocycles. The first-order valence-corrected chi connectivity index (χ1v) is 6.89. The summed E-state index contributed by atoms with van der Waals surface area (Å²) in [5.41, 5.74) is 0.684. The molecule has 1 N–H and O–H groups in total. The number of anilines is 1. The fourth-order valence-electron chi connectivity index (χ4n) is 2.50. The Labute approximate surface area is 114 Å². The van der Waals surface area contributed by atoms with Gasteiger partial charge >= 0.3 is 0 Å². The van der Waals surface area contributed by atoms with Gasteiger partial charge in [0.1, 0.15) is 0 Å². The van der Waals surface area contributed by atoms with Crippen LogP contribution in [0.25, 0.3) is 0 Å². The molecule has 0 spiro atoms. The normalized spacial score (nSPS) is 20.9. The Bertz CT molecular complexity index is 458. The maximum atomic E-state index is 12.4. The van der Waals surface area contributed by atoms with Gasteiger partial charge in [-0.15, -0.1) is 0 Å². The lowest BCUT2D eigenvalue weighted by Gasteiger charge is -2.19. The minimum atomic E-state index is -0.223. The summed E-state index contributed by atoms with van der Waals surface area (Å²) in [7, 11) is 2.00. The summed E-state index contributed by atoms with van der Waals surface area (Å²) >= 11 is 0. The van der Waals surface area contributed by atoms with Crippen LogP contribution >= 0.6 is 0 Å². The van der Waals surface area contributed by atoms with Crippen molar-refractivity contribution in [2.24, 2.45) is 0 Å². The molecule has 1 aliphatic heterocycles. The molecule has 4 nitrogen and oxygen atoms in total. The van der Waals surface area contributed by atoms with Crippen molar-refractivity contribution in [3.05, 3.63) is 30.3 Å². The lowest BCUT2D eigenvalue weighted by Crippen LogP contribution is -3.14. The van der Waals surface area contributed by atoms with Crippen LogP contribution < -0.4 is 9.80 Å². The highest BCUT2D eigenvalue weighted by Crippen LogP contribution is 2.21. The standard InChI is InChI=1S/C15H20N2O2/c1-3-4-10-16(2)13-11-14(18)17(15(13)19)12-8-6-5-7-9-12/h5-9,13H,3-4,10-11H2,1-2H3/p+1/t13-/m1/s1. The number of quaternary nitrogens is 1. The largest absolute Gasteiger partial charge is 0.327 e. The molecule has 2 amide bonds. The Morgan fingerprint density at radius 2 is 1.95 bits per heavy atom. The second-order valence-electron chi connectivity index (χ2n) is 5.11. The van der Waals surface area contributed by atoms with E-state index in [1.165, 1.54) is 4.90 Å². The zero-order valence-corrected chi connectivity index (χ0v) is 11.6. The van der Waals surface area contributed by atoms with Crippen molar-refractivity contribution in [2.45, 2.75) is 32.2 Å². The van der Waals surface area contributed by atoms with E-state index >= 15 is 0 Å². The molecule has 1 aliphatic rings. The number of nitrogens with zero attached hydrogens (tertiary/aromatic N) is 1. The number of nitrogens with one attached hydrogen (secondary N) is 1. The third kappa shape index (κ3) is 2.84. The van der Waals surface area contributed by atoms with Crippen molar-refractivity contribution in [1.29, 1.82) is 0 Å². The maximum Gasteiger partial charge on any atom is 0.292 e. The topological polar surface area (TPSA) is 41.8 Å². The summed E-state index contributed by atoms with van der Waals surface area (Å²) in [6, 6.07) is 8.96. The number of rotatable bonds is 5. The molecule has 1 aromatic rings. The molecule has 1 saturated heterocycles. The van der Waals surface area contributed by atoms with Crippen LogP contribution in [0.2, 0.25) is 0 Å². The van der Waals surface area contributed by atoms with Gasteiger partial charge in [-0.1, -0.05) is 31.5 Å². The summed E-state index contributed by atoms with van der Waals surface area (Å²) in [5, 5.41) is 0. The molecule has 1 fully saturated rings. The van der Waals surface area contributed by atoms with Crippen LogP contribution in [0.15, 0.2) is 30.3 Å². The number of carbonyl (C=O) groups excluding carboxylic acids is 2. The smallest absolute Gasteiger partial charge is 0.292 e. The van der Waals surface area contributed by atoms with Crippen LogP contribution in [-0.4, -0.2) is 31.4 Å². The van der Waals surface area contributed by atoms with Crippen molar-refractivity contribution in [3.8, 4) is 0 Å². The van der Waals surface area contributed by atoms with Crippen LogP contribution in [0.1, 0.15) is 26.2 Å². The number of likely N-dealkylation sites (N-methyl/N-ethyl adjacent to an activating group) is 1. The van der Waals surface area contributed by atoms with Gasteiger partial charge in [-0.2, -0.15) is 0 Å². The predicted molar refractivity (Wildman–Crippen MR) is 74.0 cm³/mol. The van der Waals surface area contributed by atoms with Crippen molar-refractivity contribution in [2.75, 3.05) is 18.5 Å². The van der Waals surface area contributed by atoms with Gasteiger partial charge in [0.05, 0.1) is 25.7 Å². The molecule has 19 heavy (non-hydrogen) atoms. The first-order chi connectivity index (χ1) is 9.15. The van der Waals surface area contributed by atoms with Crippen LogP contribution in [0, 0.1) is 0 Å². The molecule has 1 aromatic carbocycles. The summed E-state index contributed by atoms with van der Waals surface area (Å²) in [4.78, 5) is 26.9. The van der Waals surface area contributed by atoms with Gasteiger partial charge in [-0.05, 0) is 18.6 Å². The zero-order valence-electron chi connectivity index (χ0n) is 11.6. The Morgan fingerprint density at radius 3 is 2.58 bits per heavy atom. The number of carbonyl (C=O) groups is 2. The van der Waals surface area contributed by atoms with E-state index in [4.69, 9.17) is 0 Å². The number of benzene rings is 1. The average Bonchev–Trinajstić information content (AvgIpc) is 2.72. The zero-order chi connectivity index (χ0) is 13.8. The lowest BCUT2D eigenvalue weighted by molar-refractivity contribution is -0.895. The minimum absolute atomic E-state index is 0.0650. The molecule has 0 saturated carbocycles. The van der Waals surface area contributed by atoms with E-state index in [0.717, 1.165) is 24.3 Å². The molecule has 4 heteroatoms. The van der Waals surface area contributed by atoms with Crippen LogP contribution in [-0.2, 0) is 9.59 Å². The molecule has 2 rings (SSSR count). The molecule has 0 radical (unpaired) electrons. The van der Waals surface area contributed by atoms with E-state index in [2.05, 4.69) is 6.92 Å². The van der Waals surface area contributed by atoms with Crippen molar-refractivity contribution in [1.82, 2.24) is 0 Å². The van der Waals surface area contributed by atoms with Gasteiger partial charge < -0.3 is 4.90 Å². The minimum Gasteiger partial charge on any atom is -0.327 e. The second kappa shape index (κ2) is 5.97. The number of hydrogen-bond donors (Lipinski definition) is 1. The Hall–Kier alpha value is -1.68. The third-order valence-corrected chi connectivity index (χ3v) is 3.68. The van der Waals surface area contributed by atoms with Gasteiger partial charge in [0, 0.05) is 0 Å². The van der Waals surface area contributed by atoms with E-state index in [-0.39, 0.29) is 17.9 Å². The molecular formula is C15H21N2O2+. The first kappa shape index (κ1) is 13.7. The lowest BCUT2D eigenvalue weighted by atomic mass is 10.2. The highest BCUT2D eigenvalue weighted by molar-refractivity contribution is 6.21. The Morgan fingerprint density at radius 1 is 1.26 bits per heavy atom. The first-order valence-electron chi connectivity index (χ1n) is 6.89. The quantitative estimate of drug-likeness (QED) is 0.790. The van der Waals surface area contributed by atoms with Crippen molar-refractivity contribution >= 4 is 17.5 Å². The fourth-order valence-corrected chi connectivity index (χ4v) is 2.50. The molecule has 102 valence electrons. The molecular weight excluding hydrogens is 240 g/mol. The number of imide groups is 1. The molecule has 2 atom stereocenters. The average molecular weight is 261 g/mol. The van der Waals surface area contributed by atoms with E-state index in [9.17, 15) is 9.59 Å². The Balaban J connectivity index is 2.13. The number of unbranched alkanes of at least 4 members (excludes halogenated alkanes) is 1. The van der Waals surface area contributed by atoms with E-state index in [1.54, 1.807) is 12.1 Å². The molecule has 0 aliphatic carbocycles. The van der Waals surface area contributed by atoms with Gasteiger partial charge in [-0.3, -0.25) is 9.59 Å². The molecule has 0 bridgehead atoms. The summed E-state index contributed by atoms with van der Waals surface area (Å²) in [6.07, 6.45) is 2.51. The van der Waals surface area contributed by atoms with Crippen LogP contribution in [0.4, 0.5) is 5.69 Å². The van der Waals surface area contributed by atoms with Gasteiger partial charge in [0.15, 0.2) is 6.04 Å². The molecule has 1 unspecified atom stereocenters. The summed E-state index contributed by atoms with van der Waals surface area (Å²) in [6.45, 7) is 3.06. The summed E-state index contributed by atoms with van der Waals surface area (Å²) in [5.74, 6) is -0.151. The van der Waals surface area contributed by atoms with Gasteiger partial charge in [0.2, 0.25) is 5.91 Å². The monoisotopic (exact) mass is 261 g/mol. The van der Waals surface area contributed by atoms with Crippen molar-refractivity contribution < 1.29 is 14.5 Å². The third-order valence-electron chi connectivity index (χ3n) is 3.68. The highest BCUT2D eigenvalue weighted by atomic mass is 16.2. The number of amides is 2. The van der Waals surface area contributed by atoms with Gasteiger partial charge in [-0.25, -0.2) is 4.90 Å². The van der Waals surface area contributed by atoms with Crippen molar-refractivity contribution in [3.63, 3.8) is 0 Å². The van der Waals surface area contributed by atoms with Gasteiger partial charge in [0.25, 0.3) is 5.91 Å². The number of hydrogen-bond acceptors (Lipinski definition) is 2. The predicted octanol–water partition coefficient (Wildman–Crippen LogP) is 0.633. The number of para-hydroxylation sites is 1. The van der Waals surface area contributed by atoms with E-state index < -0.39 is 0 Å². The van der Waals surface area contributed by atoms with E-state index in [1.807, 2.05) is 25.2 Å². The molecule has 0 aromatic heterocycles. The second-order valence-corrected chi connectivity index (χ2v) is 5.11. The summed E-state index contributed by atoms with van der Waals surface area (Å²) < 4.78 is 0. The Kier molecular flexibility index (Phi) is 4.32. The van der Waals surface area contributed by atoms with E-state index in [0.29, 0.717) is 12.1 Å².